The van der Waals surface area contributed by atoms with Crippen molar-refractivity contribution in [2.24, 2.45) is 0 Å². The van der Waals surface area contributed by atoms with Gasteiger partial charge >= 0.3 is 0 Å². The van der Waals surface area contributed by atoms with Crippen LogP contribution in [0.1, 0.15) is 51.4 Å². The average molecular weight is 194 g/mol. The van der Waals surface area contributed by atoms with Crippen LogP contribution in [-0.2, 0) is 4.79 Å². The van der Waals surface area contributed by atoms with Gasteiger partial charge in [-0.05, 0) is 19.3 Å². The number of rotatable bonds is 4. The van der Waals surface area contributed by atoms with Crippen LogP contribution >= 0.6 is 0 Å². The Hall–Kier alpha value is -1.04. The normalized spacial score (nSPS) is 17.4. The predicted octanol–water partition coefficient (Wildman–Crippen LogP) is 2.13. The van der Waals surface area contributed by atoms with Crippen molar-refractivity contribution in [1.82, 2.24) is 5.32 Å². The highest BCUT2D eigenvalue weighted by Crippen LogP contribution is 2.17. The Morgan fingerprint density at radius 1 is 1.36 bits per heavy atom. The fourth-order valence-electron chi connectivity index (χ4n) is 1.87. The molecule has 0 atom stereocenters. The van der Waals surface area contributed by atoms with Gasteiger partial charge in [-0.25, -0.2) is 0 Å². The lowest BCUT2D eigenvalue weighted by atomic mass is 9.95. The number of nitrogens with zero attached hydrogens (tertiary/aromatic N) is 1. The fraction of sp³-hybridized carbons (Fsp3) is 0.818. The van der Waals surface area contributed by atoms with E-state index in [9.17, 15) is 4.79 Å². The molecule has 1 amide bonds. The lowest BCUT2D eigenvalue weighted by Crippen LogP contribution is -2.35. The number of unbranched alkanes of at least 4 members (excludes halogenated alkanes) is 1. The van der Waals surface area contributed by atoms with Gasteiger partial charge in [0, 0.05) is 18.9 Å². The molecule has 0 heterocycles. The van der Waals surface area contributed by atoms with Gasteiger partial charge in [0.2, 0.25) is 5.91 Å². The van der Waals surface area contributed by atoms with Gasteiger partial charge in [0.15, 0.2) is 0 Å². The lowest BCUT2D eigenvalue weighted by Gasteiger charge is -2.22. The third kappa shape index (κ3) is 4.27. The molecule has 1 fully saturated rings. The van der Waals surface area contributed by atoms with Gasteiger partial charge in [0.25, 0.3) is 0 Å². The number of hydrogen-bond acceptors (Lipinski definition) is 2. The summed E-state index contributed by atoms with van der Waals surface area (Å²) in [5.74, 6) is 0.118. The minimum absolute atomic E-state index is 0.118. The second-order valence-corrected chi connectivity index (χ2v) is 3.91. The monoisotopic (exact) mass is 194 g/mol. The minimum atomic E-state index is 0.118. The first-order chi connectivity index (χ1) is 6.83. The summed E-state index contributed by atoms with van der Waals surface area (Å²) in [5.41, 5.74) is 0. The van der Waals surface area contributed by atoms with E-state index >= 15 is 0 Å². The molecule has 78 valence electrons. The Kier molecular flexibility index (Phi) is 5.06. The van der Waals surface area contributed by atoms with Crippen molar-refractivity contribution < 1.29 is 4.79 Å². The highest BCUT2D eigenvalue weighted by atomic mass is 16.1. The molecule has 0 aromatic carbocycles. The summed E-state index contributed by atoms with van der Waals surface area (Å²) in [5, 5.41) is 11.3. The zero-order chi connectivity index (χ0) is 10.2. The molecule has 3 nitrogen and oxygen atoms in total. The van der Waals surface area contributed by atoms with Gasteiger partial charge in [-0.3, -0.25) is 4.79 Å². The van der Waals surface area contributed by atoms with E-state index in [-0.39, 0.29) is 5.91 Å². The van der Waals surface area contributed by atoms with Gasteiger partial charge < -0.3 is 5.32 Å². The second kappa shape index (κ2) is 6.42. The molecule has 0 radical (unpaired) electrons. The van der Waals surface area contributed by atoms with Crippen LogP contribution in [0.15, 0.2) is 0 Å². The van der Waals surface area contributed by atoms with Crippen molar-refractivity contribution in [2.75, 3.05) is 0 Å². The number of nitriles is 1. The van der Waals surface area contributed by atoms with Crippen molar-refractivity contribution in [2.45, 2.75) is 57.4 Å². The largest absolute Gasteiger partial charge is 0.353 e. The quantitative estimate of drug-likeness (QED) is 0.697. The van der Waals surface area contributed by atoms with Gasteiger partial charge in [-0.15, -0.1) is 0 Å². The van der Waals surface area contributed by atoms with Crippen LogP contribution in [0.3, 0.4) is 0 Å². The lowest BCUT2D eigenvalue weighted by molar-refractivity contribution is -0.122. The maximum Gasteiger partial charge on any atom is 0.220 e. The Morgan fingerprint density at radius 2 is 2.07 bits per heavy atom. The molecule has 1 aliphatic rings. The smallest absolute Gasteiger partial charge is 0.220 e. The van der Waals surface area contributed by atoms with Crippen molar-refractivity contribution in [3.8, 4) is 6.07 Å². The van der Waals surface area contributed by atoms with E-state index in [1.54, 1.807) is 0 Å². The third-order valence-corrected chi connectivity index (χ3v) is 2.66. The molecule has 0 bridgehead atoms. The van der Waals surface area contributed by atoms with Crippen molar-refractivity contribution in [3.05, 3.63) is 0 Å². The molecule has 3 heteroatoms. The van der Waals surface area contributed by atoms with E-state index in [2.05, 4.69) is 5.32 Å². The molecule has 0 unspecified atom stereocenters. The Morgan fingerprint density at radius 3 is 2.71 bits per heavy atom. The fourth-order valence-corrected chi connectivity index (χ4v) is 1.87. The van der Waals surface area contributed by atoms with Gasteiger partial charge in [0.05, 0.1) is 6.07 Å². The highest BCUT2D eigenvalue weighted by molar-refractivity contribution is 5.76. The highest BCUT2D eigenvalue weighted by Gasteiger charge is 2.14. The summed E-state index contributed by atoms with van der Waals surface area (Å²) in [6, 6.07) is 2.45. The number of hydrogen-bond donors (Lipinski definition) is 1. The molecule has 1 rings (SSSR count). The molecular weight excluding hydrogens is 176 g/mol. The maximum atomic E-state index is 11.4. The molecular formula is C11H18N2O. The van der Waals surface area contributed by atoms with Crippen LogP contribution in [0.4, 0.5) is 0 Å². The van der Waals surface area contributed by atoms with Crippen LogP contribution in [0.25, 0.3) is 0 Å². The first-order valence-corrected chi connectivity index (χ1v) is 5.49. The Labute approximate surface area is 85.5 Å². The second-order valence-electron chi connectivity index (χ2n) is 3.91. The van der Waals surface area contributed by atoms with Crippen LogP contribution in [-0.4, -0.2) is 11.9 Å². The molecule has 1 N–H and O–H groups in total. The van der Waals surface area contributed by atoms with Crippen LogP contribution in [0, 0.1) is 11.3 Å². The van der Waals surface area contributed by atoms with Crippen LogP contribution < -0.4 is 5.32 Å². The first kappa shape index (κ1) is 11.0. The van der Waals surface area contributed by atoms with E-state index in [0.29, 0.717) is 25.3 Å². The molecule has 0 saturated heterocycles. The summed E-state index contributed by atoms with van der Waals surface area (Å²) in [6.45, 7) is 0. The van der Waals surface area contributed by atoms with Crippen molar-refractivity contribution in [1.29, 1.82) is 5.26 Å². The van der Waals surface area contributed by atoms with E-state index in [1.165, 1.54) is 19.3 Å². The molecule has 0 aromatic rings. The summed E-state index contributed by atoms with van der Waals surface area (Å²) >= 11 is 0. The Balaban J connectivity index is 2.10. The molecule has 0 aliphatic heterocycles. The third-order valence-electron chi connectivity index (χ3n) is 2.66. The first-order valence-electron chi connectivity index (χ1n) is 5.49. The predicted molar refractivity (Wildman–Crippen MR) is 54.5 cm³/mol. The molecule has 0 aromatic heterocycles. The van der Waals surface area contributed by atoms with E-state index < -0.39 is 0 Å². The van der Waals surface area contributed by atoms with Gasteiger partial charge in [0.1, 0.15) is 0 Å². The summed E-state index contributed by atoms with van der Waals surface area (Å²) in [7, 11) is 0. The zero-order valence-corrected chi connectivity index (χ0v) is 8.59. The SMILES string of the molecule is N#CCCCC(=O)NC1CCCCC1. The average Bonchev–Trinajstić information content (AvgIpc) is 2.20. The van der Waals surface area contributed by atoms with Crippen LogP contribution in [0.2, 0.25) is 0 Å². The van der Waals surface area contributed by atoms with Crippen LogP contribution in [0.5, 0.6) is 0 Å². The molecule has 14 heavy (non-hydrogen) atoms. The molecule has 1 aliphatic carbocycles. The molecule has 1 saturated carbocycles. The number of amides is 1. The Bertz CT molecular complexity index is 214. The van der Waals surface area contributed by atoms with Crippen molar-refractivity contribution >= 4 is 5.91 Å². The van der Waals surface area contributed by atoms with Crippen molar-refractivity contribution in [3.63, 3.8) is 0 Å². The number of nitrogens with one attached hydrogen (secondary N) is 1. The topological polar surface area (TPSA) is 52.9 Å². The summed E-state index contributed by atoms with van der Waals surface area (Å²) in [4.78, 5) is 11.4. The summed E-state index contributed by atoms with van der Waals surface area (Å²) < 4.78 is 0. The number of carbonyl (C=O) groups excluding carboxylic acids is 1. The summed E-state index contributed by atoms with van der Waals surface area (Å²) in [6.07, 6.45) is 7.72. The number of carbonyl (C=O) groups is 1. The van der Waals surface area contributed by atoms with E-state index in [4.69, 9.17) is 5.26 Å². The zero-order valence-electron chi connectivity index (χ0n) is 8.59. The standard InChI is InChI=1S/C11H18N2O/c12-9-5-4-8-11(14)13-10-6-2-1-3-7-10/h10H,1-8H2,(H,13,14). The van der Waals surface area contributed by atoms with E-state index in [0.717, 1.165) is 12.8 Å². The van der Waals surface area contributed by atoms with E-state index in [1.807, 2.05) is 6.07 Å². The van der Waals surface area contributed by atoms with Gasteiger partial charge in [-0.2, -0.15) is 5.26 Å². The maximum absolute atomic E-state index is 11.4. The minimum Gasteiger partial charge on any atom is -0.353 e. The van der Waals surface area contributed by atoms with Gasteiger partial charge in [-0.1, -0.05) is 19.3 Å². The molecule has 0 spiro atoms.